The normalized spacial score (nSPS) is 15.3. The maximum atomic E-state index is 13.3. The summed E-state index contributed by atoms with van der Waals surface area (Å²) in [7, 11) is 1.38. The number of hydrogen-bond acceptors (Lipinski definition) is 5. The molecule has 2 aromatic heterocycles. The van der Waals surface area contributed by atoms with Gasteiger partial charge in [-0.1, -0.05) is 18.2 Å². The van der Waals surface area contributed by atoms with Gasteiger partial charge >= 0.3 is 6.18 Å². The van der Waals surface area contributed by atoms with E-state index in [0.717, 1.165) is 27.8 Å². The summed E-state index contributed by atoms with van der Waals surface area (Å²) in [6, 6.07) is 12.8. The maximum Gasteiger partial charge on any atom is 0.416 e. The van der Waals surface area contributed by atoms with Crippen LogP contribution in [-0.2, 0) is 13.2 Å². The number of fused-ring (bicyclic) bond motifs is 2. The molecule has 1 fully saturated rings. The Morgan fingerprint density at radius 2 is 1.88 bits per heavy atom. The van der Waals surface area contributed by atoms with Crippen molar-refractivity contribution in [2.45, 2.75) is 24.9 Å². The molecule has 0 aliphatic carbocycles. The molecule has 1 aliphatic heterocycles. The van der Waals surface area contributed by atoms with E-state index in [-0.39, 0.29) is 17.0 Å². The van der Waals surface area contributed by atoms with Gasteiger partial charge in [0.25, 0.3) is 5.56 Å². The lowest BCUT2D eigenvalue weighted by molar-refractivity contribution is -0.137. The van der Waals surface area contributed by atoms with Crippen LogP contribution < -0.4 is 10.5 Å². The van der Waals surface area contributed by atoms with E-state index in [1.807, 2.05) is 35.2 Å². The summed E-state index contributed by atoms with van der Waals surface area (Å²) < 4.78 is 46.8. The lowest BCUT2D eigenvalue weighted by Gasteiger charge is -2.33. The fourth-order valence-corrected chi connectivity index (χ4v) is 4.54. The molecule has 6 nitrogen and oxygen atoms in total. The van der Waals surface area contributed by atoms with Gasteiger partial charge < -0.3 is 13.9 Å². The second-order valence-electron chi connectivity index (χ2n) is 8.21. The Bertz CT molecular complexity index is 1440. The van der Waals surface area contributed by atoms with Crippen LogP contribution in [0.1, 0.15) is 35.8 Å². The number of benzene rings is 2. The molecule has 0 atom stereocenters. The molecule has 1 saturated heterocycles. The molecular weight excluding hydrogens is 433 g/mol. The predicted octanol–water partition coefficient (Wildman–Crippen LogP) is 4.95. The first-order chi connectivity index (χ1) is 15.8. The average molecular weight is 452 g/mol. The molecule has 9 heteroatoms. The van der Waals surface area contributed by atoms with Gasteiger partial charge in [0, 0.05) is 31.4 Å². The van der Waals surface area contributed by atoms with Crippen molar-refractivity contribution in [1.29, 1.82) is 5.26 Å². The smallest absolute Gasteiger partial charge is 0.416 e. The number of para-hydroxylation sites is 2. The zero-order chi connectivity index (χ0) is 23.3. The Kier molecular flexibility index (Phi) is 4.89. The molecule has 168 valence electrons. The maximum absolute atomic E-state index is 13.3. The Labute approximate surface area is 186 Å². The van der Waals surface area contributed by atoms with Crippen molar-refractivity contribution in [3.63, 3.8) is 0 Å². The van der Waals surface area contributed by atoms with E-state index < -0.39 is 17.3 Å². The van der Waals surface area contributed by atoms with Crippen molar-refractivity contribution < 1.29 is 17.6 Å². The highest BCUT2D eigenvalue weighted by molar-refractivity contribution is 5.95. The summed E-state index contributed by atoms with van der Waals surface area (Å²) in [5.41, 5.74) is 0.533. The Hall–Kier alpha value is -3.80. The number of halogens is 3. The average Bonchev–Trinajstić information content (AvgIpc) is 3.25. The van der Waals surface area contributed by atoms with Crippen molar-refractivity contribution in [2.75, 3.05) is 18.0 Å². The number of rotatable bonds is 2. The van der Waals surface area contributed by atoms with Crippen molar-refractivity contribution in [3.05, 3.63) is 69.8 Å². The summed E-state index contributed by atoms with van der Waals surface area (Å²) in [4.78, 5) is 19.3. The zero-order valence-electron chi connectivity index (χ0n) is 17.7. The first-order valence-corrected chi connectivity index (χ1v) is 10.5. The Morgan fingerprint density at radius 1 is 1.15 bits per heavy atom. The molecule has 33 heavy (non-hydrogen) atoms. The lowest BCUT2D eigenvalue weighted by atomic mass is 9.95. The van der Waals surface area contributed by atoms with E-state index in [1.165, 1.54) is 13.1 Å². The molecular formula is C24H19F3N4O2. The number of oxazole rings is 1. The highest BCUT2D eigenvalue weighted by Crippen LogP contribution is 2.37. The first kappa shape index (κ1) is 21.1. The fraction of sp³-hybridized carbons (Fsp3) is 0.292. The van der Waals surface area contributed by atoms with Crippen molar-refractivity contribution >= 4 is 27.7 Å². The third-order valence-corrected chi connectivity index (χ3v) is 6.28. The monoisotopic (exact) mass is 452 g/mol. The number of nitrogens with zero attached hydrogens (tertiary/aromatic N) is 4. The molecule has 2 aromatic carbocycles. The number of pyridine rings is 1. The zero-order valence-corrected chi connectivity index (χ0v) is 17.7. The second kappa shape index (κ2) is 7.66. The largest absolute Gasteiger partial charge is 0.440 e. The van der Waals surface area contributed by atoms with Crippen LogP contribution in [0.3, 0.4) is 0 Å². The molecule has 0 unspecified atom stereocenters. The minimum absolute atomic E-state index is 0.0647. The van der Waals surface area contributed by atoms with E-state index in [1.54, 1.807) is 0 Å². The Balaban J connectivity index is 1.52. The SMILES string of the molecule is Cn1c(=O)c(C#N)c(N2CCC(c3nc4ccccc4o3)CC2)c2ccc(C(F)(F)F)cc21. The van der Waals surface area contributed by atoms with Crippen LogP contribution in [0.15, 0.2) is 51.7 Å². The molecule has 0 spiro atoms. The summed E-state index contributed by atoms with van der Waals surface area (Å²) in [5.74, 6) is 0.730. The topological polar surface area (TPSA) is 75.1 Å². The van der Waals surface area contributed by atoms with Gasteiger partial charge in [-0.15, -0.1) is 0 Å². The third-order valence-electron chi connectivity index (χ3n) is 6.28. The van der Waals surface area contributed by atoms with E-state index in [0.29, 0.717) is 42.9 Å². The number of hydrogen-bond donors (Lipinski definition) is 0. The van der Waals surface area contributed by atoms with Gasteiger partial charge in [-0.2, -0.15) is 18.4 Å². The van der Waals surface area contributed by atoms with Crippen molar-refractivity contribution in [3.8, 4) is 6.07 Å². The standard InChI is InChI=1S/C24H19F3N4O2/c1-30-19-12-15(24(25,26)27)6-7-16(19)21(17(13-28)23(30)32)31-10-8-14(9-11-31)22-29-18-4-2-3-5-20(18)33-22/h2-7,12,14H,8-11H2,1H3. The second-order valence-corrected chi connectivity index (χ2v) is 8.21. The van der Waals surface area contributed by atoms with Crippen molar-refractivity contribution in [1.82, 2.24) is 9.55 Å². The number of piperidine rings is 1. The van der Waals surface area contributed by atoms with Gasteiger partial charge in [-0.05, 0) is 37.1 Å². The van der Waals surface area contributed by atoms with E-state index in [4.69, 9.17) is 4.42 Å². The van der Waals surface area contributed by atoms with E-state index in [2.05, 4.69) is 4.98 Å². The molecule has 5 rings (SSSR count). The van der Waals surface area contributed by atoms with Crippen LogP contribution in [0.4, 0.5) is 18.9 Å². The molecule has 0 amide bonds. The lowest BCUT2D eigenvalue weighted by Crippen LogP contribution is -2.36. The third kappa shape index (κ3) is 3.52. The van der Waals surface area contributed by atoms with E-state index in [9.17, 15) is 23.2 Å². The van der Waals surface area contributed by atoms with Gasteiger partial charge in [0.1, 0.15) is 17.1 Å². The van der Waals surface area contributed by atoms with Crippen LogP contribution in [0.5, 0.6) is 0 Å². The van der Waals surface area contributed by atoms with Gasteiger partial charge in [-0.25, -0.2) is 4.98 Å². The number of nitriles is 1. The Morgan fingerprint density at radius 3 is 2.55 bits per heavy atom. The molecule has 0 N–H and O–H groups in total. The summed E-state index contributed by atoms with van der Waals surface area (Å²) in [6.45, 7) is 1.03. The van der Waals surface area contributed by atoms with Crippen LogP contribution in [0.2, 0.25) is 0 Å². The summed E-state index contributed by atoms with van der Waals surface area (Å²) >= 11 is 0. The van der Waals surface area contributed by atoms with Gasteiger partial charge in [0.15, 0.2) is 11.5 Å². The number of anilines is 1. The van der Waals surface area contributed by atoms with Gasteiger partial charge in [0.05, 0.1) is 16.8 Å². The van der Waals surface area contributed by atoms with Crippen LogP contribution in [0.25, 0.3) is 22.0 Å². The molecule has 0 bridgehead atoms. The molecule has 3 heterocycles. The fourth-order valence-electron chi connectivity index (χ4n) is 4.54. The van der Waals surface area contributed by atoms with Crippen LogP contribution >= 0.6 is 0 Å². The first-order valence-electron chi connectivity index (χ1n) is 10.5. The minimum Gasteiger partial charge on any atom is -0.440 e. The number of alkyl halides is 3. The molecule has 1 aliphatic rings. The van der Waals surface area contributed by atoms with Gasteiger partial charge in [-0.3, -0.25) is 4.79 Å². The number of aromatic nitrogens is 2. The van der Waals surface area contributed by atoms with Gasteiger partial charge in [0.2, 0.25) is 0 Å². The number of aryl methyl sites for hydroxylation is 1. The van der Waals surface area contributed by atoms with Crippen molar-refractivity contribution in [2.24, 2.45) is 7.05 Å². The quantitative estimate of drug-likeness (QED) is 0.430. The molecule has 4 aromatic rings. The molecule has 0 radical (unpaired) electrons. The molecule has 0 saturated carbocycles. The van der Waals surface area contributed by atoms with Crippen LogP contribution in [-0.4, -0.2) is 22.6 Å². The van der Waals surface area contributed by atoms with Crippen LogP contribution in [0, 0.1) is 11.3 Å². The highest BCUT2D eigenvalue weighted by Gasteiger charge is 2.32. The highest BCUT2D eigenvalue weighted by atomic mass is 19.4. The minimum atomic E-state index is -4.53. The predicted molar refractivity (Wildman–Crippen MR) is 117 cm³/mol. The van der Waals surface area contributed by atoms with E-state index >= 15 is 0 Å². The summed E-state index contributed by atoms with van der Waals surface area (Å²) in [5, 5.41) is 10.2. The summed E-state index contributed by atoms with van der Waals surface area (Å²) in [6.07, 6.45) is -3.18.